The number of hydrogen-bond acceptors (Lipinski definition) is 3. The van der Waals surface area contributed by atoms with Gasteiger partial charge in [-0.05, 0) is 12.2 Å². The number of thioether (sulfide) groups is 1. The molecule has 2 unspecified atom stereocenters. The molecule has 12 heavy (non-hydrogen) atoms. The zero-order chi connectivity index (χ0) is 8.81. The number of nitrogens with two attached hydrogens (primary N) is 1. The van der Waals surface area contributed by atoms with Crippen LogP contribution < -0.4 is 11.1 Å². The summed E-state index contributed by atoms with van der Waals surface area (Å²) in [5.41, 5.74) is 5.60. The molecule has 0 aliphatic carbocycles. The molecule has 0 aromatic carbocycles. The fourth-order valence-electron chi connectivity index (χ4n) is 1.20. The molecule has 1 heterocycles. The molecule has 1 saturated heterocycles. The van der Waals surface area contributed by atoms with Gasteiger partial charge in [-0.15, -0.1) is 11.8 Å². The summed E-state index contributed by atoms with van der Waals surface area (Å²) in [7, 11) is 0. The molecular formula is C9H20N2S. The van der Waals surface area contributed by atoms with Crippen molar-refractivity contribution in [2.24, 2.45) is 5.73 Å². The van der Waals surface area contributed by atoms with Crippen molar-refractivity contribution in [3.63, 3.8) is 0 Å². The summed E-state index contributed by atoms with van der Waals surface area (Å²) >= 11 is 1.97. The Bertz CT molecular complexity index is 119. The monoisotopic (exact) mass is 188 g/mol. The highest BCUT2D eigenvalue weighted by Crippen LogP contribution is 2.21. The van der Waals surface area contributed by atoms with E-state index in [1.54, 1.807) is 0 Å². The maximum atomic E-state index is 5.60. The molecule has 0 spiro atoms. The van der Waals surface area contributed by atoms with Crippen LogP contribution >= 0.6 is 11.8 Å². The lowest BCUT2D eigenvalue weighted by Gasteiger charge is -1.98. The van der Waals surface area contributed by atoms with Crippen molar-refractivity contribution < 1.29 is 0 Å². The van der Waals surface area contributed by atoms with Gasteiger partial charge in [-0.3, -0.25) is 5.32 Å². The van der Waals surface area contributed by atoms with E-state index in [2.05, 4.69) is 12.2 Å². The van der Waals surface area contributed by atoms with E-state index in [0.29, 0.717) is 5.37 Å². The van der Waals surface area contributed by atoms with Gasteiger partial charge in [0.25, 0.3) is 0 Å². The summed E-state index contributed by atoms with van der Waals surface area (Å²) in [6.45, 7) is 2.25. The third-order valence-corrected chi connectivity index (χ3v) is 3.43. The van der Waals surface area contributed by atoms with Crippen LogP contribution in [-0.4, -0.2) is 17.3 Å². The van der Waals surface area contributed by atoms with Crippen LogP contribution in [0.2, 0.25) is 0 Å². The molecule has 0 aromatic heterocycles. The molecule has 2 atom stereocenters. The SMILES string of the molecule is CCCCCCCSC1NC1N. The van der Waals surface area contributed by atoms with E-state index in [0.717, 1.165) is 0 Å². The van der Waals surface area contributed by atoms with Gasteiger partial charge in [0, 0.05) is 0 Å². The Morgan fingerprint density at radius 3 is 2.50 bits per heavy atom. The Morgan fingerprint density at radius 2 is 1.92 bits per heavy atom. The summed E-state index contributed by atoms with van der Waals surface area (Å²) in [5, 5.41) is 3.74. The average Bonchev–Trinajstić information content (AvgIpc) is 2.74. The van der Waals surface area contributed by atoms with E-state index in [-0.39, 0.29) is 6.17 Å². The molecule has 1 aliphatic heterocycles. The number of unbranched alkanes of at least 4 members (excludes halogenated alkanes) is 4. The third-order valence-electron chi connectivity index (χ3n) is 2.12. The largest absolute Gasteiger partial charge is 0.314 e. The molecule has 0 saturated carbocycles. The van der Waals surface area contributed by atoms with Crippen LogP contribution in [0.5, 0.6) is 0 Å². The molecule has 0 bridgehead atoms. The predicted molar refractivity (Wildman–Crippen MR) is 56.1 cm³/mol. The fraction of sp³-hybridized carbons (Fsp3) is 1.00. The lowest BCUT2D eigenvalue weighted by molar-refractivity contribution is 0.659. The van der Waals surface area contributed by atoms with Crippen LogP contribution in [0.25, 0.3) is 0 Å². The minimum Gasteiger partial charge on any atom is -0.314 e. The molecule has 3 N–H and O–H groups in total. The van der Waals surface area contributed by atoms with Crippen molar-refractivity contribution in [3.05, 3.63) is 0 Å². The Hall–Kier alpha value is 0.270. The quantitative estimate of drug-likeness (QED) is 0.474. The molecule has 3 heteroatoms. The molecule has 0 radical (unpaired) electrons. The highest BCUT2D eigenvalue weighted by atomic mass is 32.2. The number of hydrogen-bond donors (Lipinski definition) is 2. The average molecular weight is 188 g/mol. The predicted octanol–water partition coefficient (Wildman–Crippen LogP) is 1.90. The zero-order valence-corrected chi connectivity index (χ0v) is 8.70. The summed E-state index contributed by atoms with van der Waals surface area (Å²) in [4.78, 5) is 0. The first-order valence-corrected chi connectivity index (χ1v) is 6.02. The summed E-state index contributed by atoms with van der Waals surface area (Å²) < 4.78 is 0. The van der Waals surface area contributed by atoms with E-state index in [9.17, 15) is 0 Å². The topological polar surface area (TPSA) is 48.0 Å². The van der Waals surface area contributed by atoms with Crippen molar-refractivity contribution in [1.29, 1.82) is 0 Å². The van der Waals surface area contributed by atoms with Crippen LogP contribution in [0.15, 0.2) is 0 Å². The lowest BCUT2D eigenvalue weighted by atomic mass is 10.2. The van der Waals surface area contributed by atoms with Crippen molar-refractivity contribution in [1.82, 2.24) is 5.32 Å². The van der Waals surface area contributed by atoms with Crippen LogP contribution in [0.3, 0.4) is 0 Å². The van der Waals surface area contributed by atoms with Gasteiger partial charge in [-0.2, -0.15) is 0 Å². The van der Waals surface area contributed by atoms with E-state index in [4.69, 9.17) is 5.73 Å². The number of nitrogens with one attached hydrogen (secondary N) is 1. The third kappa shape index (κ3) is 4.33. The molecule has 0 amide bonds. The van der Waals surface area contributed by atoms with Gasteiger partial charge in [0.15, 0.2) is 0 Å². The molecule has 1 rings (SSSR count). The zero-order valence-electron chi connectivity index (χ0n) is 7.88. The highest BCUT2D eigenvalue weighted by Gasteiger charge is 2.31. The van der Waals surface area contributed by atoms with Crippen LogP contribution in [0.4, 0.5) is 0 Å². The summed E-state index contributed by atoms with van der Waals surface area (Å²) in [6.07, 6.45) is 7.17. The first-order chi connectivity index (χ1) is 5.84. The van der Waals surface area contributed by atoms with E-state index < -0.39 is 0 Å². The highest BCUT2D eigenvalue weighted by molar-refractivity contribution is 8.00. The Morgan fingerprint density at radius 1 is 1.25 bits per heavy atom. The number of rotatable bonds is 7. The second-order valence-electron chi connectivity index (χ2n) is 3.40. The first kappa shape index (κ1) is 10.4. The maximum Gasteiger partial charge on any atom is 0.0832 e. The summed E-state index contributed by atoms with van der Waals surface area (Å²) in [6, 6.07) is 0. The normalized spacial score (nSPS) is 27.5. The lowest BCUT2D eigenvalue weighted by Crippen LogP contribution is -2.04. The minimum absolute atomic E-state index is 0.283. The van der Waals surface area contributed by atoms with E-state index >= 15 is 0 Å². The second-order valence-corrected chi connectivity index (χ2v) is 4.65. The second kappa shape index (κ2) is 5.84. The van der Waals surface area contributed by atoms with Gasteiger partial charge >= 0.3 is 0 Å². The molecule has 72 valence electrons. The Labute approximate surface area is 79.7 Å². The van der Waals surface area contributed by atoms with Crippen molar-refractivity contribution in [2.75, 3.05) is 5.75 Å². The summed E-state index contributed by atoms with van der Waals surface area (Å²) in [5.74, 6) is 1.27. The van der Waals surface area contributed by atoms with Gasteiger partial charge in [0.1, 0.15) is 0 Å². The molecule has 1 fully saturated rings. The van der Waals surface area contributed by atoms with Gasteiger partial charge in [-0.25, -0.2) is 0 Å². The van der Waals surface area contributed by atoms with Crippen molar-refractivity contribution in [2.45, 2.75) is 50.6 Å². The molecule has 1 aliphatic rings. The van der Waals surface area contributed by atoms with Crippen molar-refractivity contribution in [3.8, 4) is 0 Å². The smallest absolute Gasteiger partial charge is 0.0832 e. The van der Waals surface area contributed by atoms with Gasteiger partial charge < -0.3 is 5.73 Å². The van der Waals surface area contributed by atoms with Crippen LogP contribution in [0.1, 0.15) is 39.0 Å². The standard InChI is InChI=1S/C9H20N2S/c1-2-3-4-5-6-7-12-9-8(10)11-9/h8-9,11H,2-7,10H2,1H3. The molecule has 2 nitrogen and oxygen atoms in total. The van der Waals surface area contributed by atoms with E-state index in [1.807, 2.05) is 11.8 Å². The minimum atomic E-state index is 0.283. The molecular weight excluding hydrogens is 168 g/mol. The maximum absolute atomic E-state index is 5.60. The first-order valence-electron chi connectivity index (χ1n) is 4.98. The molecule has 0 aromatic rings. The van der Waals surface area contributed by atoms with Gasteiger partial charge in [0.05, 0.1) is 11.5 Å². The Kier molecular flexibility index (Phi) is 5.04. The van der Waals surface area contributed by atoms with Crippen LogP contribution in [0, 0.1) is 0 Å². The van der Waals surface area contributed by atoms with Gasteiger partial charge in [-0.1, -0.05) is 32.6 Å². The van der Waals surface area contributed by atoms with Crippen molar-refractivity contribution >= 4 is 11.8 Å². The Balaban J connectivity index is 1.72. The fourth-order valence-corrected chi connectivity index (χ4v) is 2.29. The van der Waals surface area contributed by atoms with E-state index in [1.165, 1.54) is 37.9 Å². The van der Waals surface area contributed by atoms with Crippen LogP contribution in [-0.2, 0) is 0 Å². The van der Waals surface area contributed by atoms with Gasteiger partial charge in [0.2, 0.25) is 0 Å².